The lowest BCUT2D eigenvalue weighted by molar-refractivity contribution is -0.148. The van der Waals surface area contributed by atoms with Gasteiger partial charge in [-0.3, -0.25) is 4.79 Å². The second-order valence-electron chi connectivity index (χ2n) is 6.15. The Kier molecular flexibility index (Phi) is 6.50. The Morgan fingerprint density at radius 3 is 2.68 bits per heavy atom. The van der Waals surface area contributed by atoms with E-state index >= 15 is 0 Å². The number of nitrogens with one attached hydrogen (secondary N) is 1. The van der Waals surface area contributed by atoms with Gasteiger partial charge in [0.15, 0.2) is 0 Å². The molecule has 1 unspecified atom stereocenters. The number of hydrogen-bond acceptors (Lipinski definition) is 5. The molecule has 0 aliphatic carbocycles. The highest BCUT2D eigenvalue weighted by atomic mass is 19.1. The number of ether oxygens (including phenoxy) is 1. The van der Waals surface area contributed by atoms with Crippen molar-refractivity contribution < 1.29 is 23.6 Å². The molecule has 7 heteroatoms. The summed E-state index contributed by atoms with van der Waals surface area (Å²) in [6.45, 7) is 3.80. The van der Waals surface area contributed by atoms with Crippen molar-refractivity contribution in [1.82, 2.24) is 5.32 Å². The number of carbonyl (C=O) groups excluding carboxylic acids is 2. The van der Waals surface area contributed by atoms with Gasteiger partial charge >= 0.3 is 5.97 Å². The maximum absolute atomic E-state index is 12.9. The SMILES string of the molecule is CC[C@H](C)[C@H](NC(=O)C1CC(Cc2ccc(F)cc2)=NO1)C(=O)OC. The van der Waals surface area contributed by atoms with Gasteiger partial charge in [-0.15, -0.1) is 0 Å². The van der Waals surface area contributed by atoms with Crippen LogP contribution in [-0.4, -0.2) is 36.8 Å². The topological polar surface area (TPSA) is 77.0 Å². The monoisotopic (exact) mass is 350 g/mol. The van der Waals surface area contributed by atoms with Gasteiger partial charge in [-0.05, 0) is 23.6 Å². The van der Waals surface area contributed by atoms with Gasteiger partial charge in [0.05, 0.1) is 12.8 Å². The number of oxime groups is 1. The van der Waals surface area contributed by atoms with Crippen molar-refractivity contribution in [3.05, 3.63) is 35.6 Å². The van der Waals surface area contributed by atoms with E-state index in [0.717, 1.165) is 12.0 Å². The van der Waals surface area contributed by atoms with Crippen LogP contribution in [0.2, 0.25) is 0 Å². The van der Waals surface area contributed by atoms with Crippen LogP contribution in [0.5, 0.6) is 0 Å². The molecule has 0 bridgehead atoms. The van der Waals surface area contributed by atoms with Crippen molar-refractivity contribution in [3.63, 3.8) is 0 Å². The minimum absolute atomic E-state index is 0.0580. The van der Waals surface area contributed by atoms with Crippen molar-refractivity contribution in [1.29, 1.82) is 0 Å². The second-order valence-corrected chi connectivity index (χ2v) is 6.15. The molecule has 1 aromatic carbocycles. The van der Waals surface area contributed by atoms with Crippen LogP contribution in [0, 0.1) is 11.7 Å². The molecule has 6 nitrogen and oxygen atoms in total. The molecule has 1 aliphatic rings. The maximum Gasteiger partial charge on any atom is 0.328 e. The first-order valence-electron chi connectivity index (χ1n) is 8.28. The second kappa shape index (κ2) is 8.60. The molecule has 3 atom stereocenters. The van der Waals surface area contributed by atoms with E-state index in [0.29, 0.717) is 18.6 Å². The first kappa shape index (κ1) is 18.9. The third kappa shape index (κ3) is 5.01. The molecular weight excluding hydrogens is 327 g/mol. The summed E-state index contributed by atoms with van der Waals surface area (Å²) in [6.07, 6.45) is 0.761. The Hall–Kier alpha value is -2.44. The van der Waals surface area contributed by atoms with Crippen molar-refractivity contribution >= 4 is 17.6 Å². The molecular formula is C18H23FN2O4. The van der Waals surface area contributed by atoms with Gasteiger partial charge in [0, 0.05) is 12.8 Å². The Bertz CT molecular complexity index is 645. The van der Waals surface area contributed by atoms with Gasteiger partial charge < -0.3 is 14.9 Å². The van der Waals surface area contributed by atoms with Crippen LogP contribution in [0.15, 0.2) is 29.4 Å². The highest BCUT2D eigenvalue weighted by Gasteiger charge is 2.33. The Morgan fingerprint density at radius 2 is 2.08 bits per heavy atom. The van der Waals surface area contributed by atoms with E-state index in [1.54, 1.807) is 12.1 Å². The summed E-state index contributed by atoms with van der Waals surface area (Å²) in [7, 11) is 1.29. The molecule has 1 aromatic rings. The van der Waals surface area contributed by atoms with Crippen LogP contribution >= 0.6 is 0 Å². The summed E-state index contributed by atoms with van der Waals surface area (Å²) in [5.74, 6) is -1.23. The summed E-state index contributed by atoms with van der Waals surface area (Å²) >= 11 is 0. The Morgan fingerprint density at radius 1 is 1.40 bits per heavy atom. The van der Waals surface area contributed by atoms with Crippen molar-refractivity contribution in [3.8, 4) is 0 Å². The smallest absolute Gasteiger partial charge is 0.328 e. The molecule has 136 valence electrons. The molecule has 25 heavy (non-hydrogen) atoms. The zero-order valence-corrected chi connectivity index (χ0v) is 14.6. The number of hydrogen-bond donors (Lipinski definition) is 1. The standard InChI is InChI=1S/C18H23FN2O4/c1-4-11(2)16(18(23)24-3)20-17(22)15-10-14(21-25-15)9-12-5-7-13(19)8-6-12/h5-8,11,15-16H,4,9-10H2,1-3H3,(H,20,22)/t11-,15?,16-/m0/s1. The highest BCUT2D eigenvalue weighted by molar-refractivity contribution is 5.95. The summed E-state index contributed by atoms with van der Waals surface area (Å²) in [4.78, 5) is 29.4. The van der Waals surface area contributed by atoms with E-state index in [1.165, 1.54) is 19.2 Å². The summed E-state index contributed by atoms with van der Waals surface area (Å²) in [5, 5.41) is 6.63. The summed E-state index contributed by atoms with van der Waals surface area (Å²) in [6, 6.07) is 5.38. The molecule has 0 spiro atoms. The lowest BCUT2D eigenvalue weighted by Crippen LogP contribution is -2.49. The van der Waals surface area contributed by atoms with Crippen LogP contribution in [-0.2, 0) is 25.6 Å². The molecule has 0 radical (unpaired) electrons. The van der Waals surface area contributed by atoms with E-state index in [4.69, 9.17) is 9.57 Å². The molecule has 1 N–H and O–H groups in total. The van der Waals surface area contributed by atoms with Crippen LogP contribution in [0.25, 0.3) is 0 Å². The van der Waals surface area contributed by atoms with E-state index in [1.807, 2.05) is 13.8 Å². The number of methoxy groups -OCH3 is 1. The Labute approximate surface area is 146 Å². The first-order chi connectivity index (χ1) is 11.9. The van der Waals surface area contributed by atoms with Gasteiger partial charge in [-0.2, -0.15) is 0 Å². The molecule has 1 heterocycles. The van der Waals surface area contributed by atoms with E-state index in [9.17, 15) is 14.0 Å². The van der Waals surface area contributed by atoms with Gasteiger partial charge in [0.2, 0.25) is 6.10 Å². The third-order valence-electron chi connectivity index (χ3n) is 4.31. The fraction of sp³-hybridized carbons (Fsp3) is 0.500. The van der Waals surface area contributed by atoms with Crippen LogP contribution in [0.3, 0.4) is 0 Å². The number of amides is 1. The normalized spacial score (nSPS) is 18.7. The van der Waals surface area contributed by atoms with Crippen molar-refractivity contribution in [2.75, 3.05) is 7.11 Å². The zero-order valence-electron chi connectivity index (χ0n) is 14.6. The third-order valence-corrected chi connectivity index (χ3v) is 4.31. The maximum atomic E-state index is 12.9. The summed E-state index contributed by atoms with van der Waals surface area (Å²) in [5.41, 5.74) is 1.58. The zero-order chi connectivity index (χ0) is 18.4. The molecule has 0 fully saturated rings. The molecule has 2 rings (SSSR count). The number of halogens is 1. The van der Waals surface area contributed by atoms with Crippen LogP contribution < -0.4 is 5.32 Å². The predicted molar refractivity (Wildman–Crippen MR) is 90.4 cm³/mol. The summed E-state index contributed by atoms with van der Waals surface area (Å²) < 4.78 is 17.7. The van der Waals surface area contributed by atoms with E-state index < -0.39 is 24.0 Å². The first-order valence-corrected chi connectivity index (χ1v) is 8.28. The highest BCUT2D eigenvalue weighted by Crippen LogP contribution is 2.17. The quantitative estimate of drug-likeness (QED) is 0.765. The fourth-order valence-electron chi connectivity index (χ4n) is 2.55. The average Bonchev–Trinajstić information content (AvgIpc) is 3.08. The Balaban J connectivity index is 1.91. The average molecular weight is 350 g/mol. The number of carbonyl (C=O) groups is 2. The molecule has 0 aromatic heterocycles. The van der Waals surface area contributed by atoms with Gasteiger partial charge in [0.1, 0.15) is 11.9 Å². The molecule has 0 saturated heterocycles. The number of nitrogens with zero attached hydrogens (tertiary/aromatic N) is 1. The molecule has 1 aliphatic heterocycles. The lowest BCUT2D eigenvalue weighted by atomic mass is 9.98. The van der Waals surface area contributed by atoms with Crippen molar-refractivity contribution in [2.24, 2.45) is 11.1 Å². The number of rotatable bonds is 7. The van der Waals surface area contributed by atoms with Gasteiger partial charge in [-0.1, -0.05) is 37.6 Å². The number of benzene rings is 1. The van der Waals surface area contributed by atoms with Gasteiger partial charge in [0.25, 0.3) is 5.91 Å². The predicted octanol–water partition coefficient (Wildman–Crippen LogP) is 2.22. The van der Waals surface area contributed by atoms with E-state index in [-0.39, 0.29) is 11.7 Å². The molecule has 1 amide bonds. The molecule has 0 saturated carbocycles. The van der Waals surface area contributed by atoms with E-state index in [2.05, 4.69) is 10.5 Å². The minimum Gasteiger partial charge on any atom is -0.467 e. The lowest BCUT2D eigenvalue weighted by Gasteiger charge is -2.22. The minimum atomic E-state index is -0.772. The van der Waals surface area contributed by atoms with Crippen molar-refractivity contribution in [2.45, 2.75) is 45.3 Å². The fourth-order valence-corrected chi connectivity index (χ4v) is 2.55. The van der Waals surface area contributed by atoms with Crippen LogP contribution in [0.4, 0.5) is 4.39 Å². The number of esters is 1. The van der Waals surface area contributed by atoms with Gasteiger partial charge in [-0.25, -0.2) is 9.18 Å². The van der Waals surface area contributed by atoms with Crippen LogP contribution in [0.1, 0.15) is 32.3 Å². The largest absolute Gasteiger partial charge is 0.467 e.